The molecule has 1 heterocycles. The molecule has 0 atom stereocenters. The fourth-order valence-corrected chi connectivity index (χ4v) is 2.27. The Bertz CT molecular complexity index is 460. The summed E-state index contributed by atoms with van der Waals surface area (Å²) < 4.78 is 1.87. The normalized spacial score (nSPS) is 13.0. The lowest BCUT2D eigenvalue weighted by atomic mass is 9.77. The Labute approximate surface area is 122 Å². The van der Waals surface area contributed by atoms with Gasteiger partial charge >= 0.3 is 0 Å². The number of nitrogens with zero attached hydrogens (tertiary/aromatic N) is 3. The third-order valence-corrected chi connectivity index (χ3v) is 3.68. The van der Waals surface area contributed by atoms with E-state index < -0.39 is 0 Å². The van der Waals surface area contributed by atoms with Crippen LogP contribution in [0.3, 0.4) is 0 Å². The maximum absolute atomic E-state index is 11.7. The maximum atomic E-state index is 11.7. The smallest absolute Gasteiger partial charge is 0.135 e. The fourth-order valence-electron chi connectivity index (χ4n) is 2.27. The third kappa shape index (κ3) is 4.40. The summed E-state index contributed by atoms with van der Waals surface area (Å²) in [6.45, 7) is 14.7. The quantitative estimate of drug-likeness (QED) is 0.833. The van der Waals surface area contributed by atoms with Crippen LogP contribution in [-0.4, -0.2) is 26.8 Å². The summed E-state index contributed by atoms with van der Waals surface area (Å²) in [7, 11) is 0. The molecule has 0 aromatic carbocycles. The van der Waals surface area contributed by atoms with Crippen LogP contribution >= 0.6 is 0 Å². The molecule has 1 N–H and O–H groups in total. The van der Waals surface area contributed by atoms with Crippen LogP contribution in [0, 0.1) is 5.41 Å². The minimum atomic E-state index is -0.355. The Morgan fingerprint density at radius 1 is 1.35 bits per heavy atom. The largest absolute Gasteiger partial charge is 0.309 e. The number of aromatic nitrogens is 3. The second-order valence-electron chi connectivity index (χ2n) is 7.12. The molecule has 0 unspecified atom stereocenters. The third-order valence-electron chi connectivity index (χ3n) is 3.68. The zero-order valence-electron chi connectivity index (χ0n) is 13.8. The fraction of sp³-hybridized carbons (Fsp3) is 0.800. The molecule has 5 nitrogen and oxygen atoms in total. The molecule has 0 radical (unpaired) electrons. The highest BCUT2D eigenvalue weighted by atomic mass is 16.1. The summed E-state index contributed by atoms with van der Waals surface area (Å²) in [6.07, 6.45) is 2.70. The minimum Gasteiger partial charge on any atom is -0.309 e. The average molecular weight is 280 g/mol. The van der Waals surface area contributed by atoms with Gasteiger partial charge in [-0.05, 0) is 27.2 Å². The molecule has 5 heteroatoms. The first-order chi connectivity index (χ1) is 9.04. The Morgan fingerprint density at radius 3 is 2.45 bits per heavy atom. The van der Waals surface area contributed by atoms with Gasteiger partial charge in [-0.15, -0.1) is 5.10 Å². The van der Waals surface area contributed by atoms with E-state index in [0.29, 0.717) is 12.6 Å². The highest BCUT2D eigenvalue weighted by molar-refractivity contribution is 5.81. The molecule has 0 aliphatic carbocycles. The average Bonchev–Trinajstić information content (AvgIpc) is 2.73. The van der Waals surface area contributed by atoms with Gasteiger partial charge in [-0.25, -0.2) is 4.68 Å². The van der Waals surface area contributed by atoms with Crippen molar-refractivity contribution in [1.29, 1.82) is 0 Å². The maximum Gasteiger partial charge on any atom is 0.135 e. The number of rotatable bonds is 7. The predicted octanol–water partition coefficient (Wildman–Crippen LogP) is 2.52. The summed E-state index contributed by atoms with van der Waals surface area (Å²) >= 11 is 0. The molecule has 0 bridgehead atoms. The first-order valence-electron chi connectivity index (χ1n) is 7.21. The van der Waals surface area contributed by atoms with Crippen LogP contribution in [0.15, 0.2) is 6.20 Å². The number of nitrogens with one attached hydrogen (secondary N) is 1. The number of carbonyl (C=O) groups is 1. The highest BCUT2D eigenvalue weighted by Crippen LogP contribution is 2.32. The van der Waals surface area contributed by atoms with Crippen LogP contribution < -0.4 is 5.32 Å². The Hall–Kier alpha value is -1.23. The van der Waals surface area contributed by atoms with Crippen LogP contribution in [-0.2, 0) is 16.9 Å². The molecular formula is C15H28N4O. The molecule has 0 saturated heterocycles. The monoisotopic (exact) mass is 280 g/mol. The Morgan fingerprint density at radius 2 is 1.95 bits per heavy atom. The van der Waals surface area contributed by atoms with Crippen molar-refractivity contribution in [2.24, 2.45) is 5.41 Å². The molecule has 0 aliphatic rings. The lowest BCUT2D eigenvalue weighted by Crippen LogP contribution is -2.36. The van der Waals surface area contributed by atoms with E-state index >= 15 is 0 Å². The van der Waals surface area contributed by atoms with Crippen molar-refractivity contribution >= 4 is 5.78 Å². The van der Waals surface area contributed by atoms with Crippen molar-refractivity contribution in [1.82, 2.24) is 20.3 Å². The lowest BCUT2D eigenvalue weighted by Gasteiger charge is -2.33. The Balaban J connectivity index is 2.80. The molecular weight excluding hydrogens is 252 g/mol. The van der Waals surface area contributed by atoms with E-state index in [0.717, 1.165) is 12.1 Å². The zero-order chi connectivity index (χ0) is 15.6. The number of hydrogen-bond donors (Lipinski definition) is 1. The second-order valence-corrected chi connectivity index (χ2v) is 7.12. The van der Waals surface area contributed by atoms with Gasteiger partial charge in [0.05, 0.1) is 17.4 Å². The summed E-state index contributed by atoms with van der Waals surface area (Å²) in [5.41, 5.74) is 0.330. The van der Waals surface area contributed by atoms with Gasteiger partial charge in [0.2, 0.25) is 0 Å². The van der Waals surface area contributed by atoms with Crippen LogP contribution in [0.4, 0.5) is 0 Å². The molecule has 1 rings (SSSR count). The number of ketones is 1. The van der Waals surface area contributed by atoms with Gasteiger partial charge < -0.3 is 5.32 Å². The topological polar surface area (TPSA) is 59.8 Å². The van der Waals surface area contributed by atoms with Crippen molar-refractivity contribution in [3.8, 4) is 0 Å². The van der Waals surface area contributed by atoms with Gasteiger partial charge in [-0.1, -0.05) is 32.9 Å². The predicted molar refractivity (Wildman–Crippen MR) is 80.4 cm³/mol. The number of carbonyl (C=O) groups excluding carboxylic acids is 1. The van der Waals surface area contributed by atoms with E-state index in [1.54, 1.807) is 6.92 Å². The van der Waals surface area contributed by atoms with Gasteiger partial charge in [0.1, 0.15) is 5.78 Å². The molecule has 114 valence electrons. The van der Waals surface area contributed by atoms with Gasteiger partial charge in [0.25, 0.3) is 0 Å². The van der Waals surface area contributed by atoms with E-state index in [1.165, 1.54) is 0 Å². The van der Waals surface area contributed by atoms with Crippen LogP contribution in [0.1, 0.15) is 60.6 Å². The van der Waals surface area contributed by atoms with E-state index in [1.807, 2.05) is 24.7 Å². The molecule has 1 aromatic rings. The number of Topliss-reactive ketones (excluding diaryl/α,β-unsaturated/α-hetero) is 1. The van der Waals surface area contributed by atoms with E-state index in [4.69, 9.17) is 0 Å². The van der Waals surface area contributed by atoms with E-state index in [2.05, 4.69) is 43.3 Å². The van der Waals surface area contributed by atoms with Crippen molar-refractivity contribution < 1.29 is 4.79 Å². The summed E-state index contributed by atoms with van der Waals surface area (Å²) in [5.74, 6) is 0.201. The first kappa shape index (κ1) is 16.8. The van der Waals surface area contributed by atoms with Crippen molar-refractivity contribution in [3.05, 3.63) is 11.9 Å². The minimum absolute atomic E-state index is 0.201. The van der Waals surface area contributed by atoms with Gasteiger partial charge in [-0.3, -0.25) is 4.79 Å². The van der Waals surface area contributed by atoms with Gasteiger partial charge in [0.15, 0.2) is 0 Å². The highest BCUT2D eigenvalue weighted by Gasteiger charge is 2.34. The summed E-state index contributed by atoms with van der Waals surface area (Å²) in [6, 6.07) is 0.421. The summed E-state index contributed by atoms with van der Waals surface area (Å²) in [5, 5.41) is 11.7. The molecule has 0 aliphatic heterocycles. The molecule has 0 spiro atoms. The van der Waals surface area contributed by atoms with Gasteiger partial charge in [0, 0.05) is 18.0 Å². The van der Waals surface area contributed by atoms with E-state index in [9.17, 15) is 4.79 Å². The molecule has 0 saturated carbocycles. The second kappa shape index (κ2) is 6.04. The zero-order valence-corrected chi connectivity index (χ0v) is 13.8. The standard InChI is InChI=1S/C15H28N4O/c1-11(2)16-8-13-9-19(18-17-13)15(6,7)10-14(4,5)12(3)20/h9,11,16H,8,10H2,1-7H3. The van der Waals surface area contributed by atoms with Gasteiger partial charge in [-0.2, -0.15) is 0 Å². The first-order valence-corrected chi connectivity index (χ1v) is 7.21. The molecule has 20 heavy (non-hydrogen) atoms. The molecule has 1 aromatic heterocycles. The SMILES string of the molecule is CC(=O)C(C)(C)CC(C)(C)n1cc(CNC(C)C)nn1. The van der Waals surface area contributed by atoms with Crippen LogP contribution in [0.25, 0.3) is 0 Å². The summed E-state index contributed by atoms with van der Waals surface area (Å²) in [4.78, 5) is 11.7. The molecule has 0 amide bonds. The van der Waals surface area contributed by atoms with Crippen molar-refractivity contribution in [2.45, 2.75) is 73.0 Å². The Kier molecular flexibility index (Phi) is 5.08. The lowest BCUT2D eigenvalue weighted by molar-refractivity contribution is -0.126. The van der Waals surface area contributed by atoms with Crippen LogP contribution in [0.2, 0.25) is 0 Å². The van der Waals surface area contributed by atoms with Crippen molar-refractivity contribution in [3.63, 3.8) is 0 Å². The van der Waals surface area contributed by atoms with E-state index in [-0.39, 0.29) is 16.7 Å². The van der Waals surface area contributed by atoms with Crippen molar-refractivity contribution in [2.75, 3.05) is 0 Å². The number of hydrogen-bond acceptors (Lipinski definition) is 4. The van der Waals surface area contributed by atoms with Crippen LogP contribution in [0.5, 0.6) is 0 Å². The molecule has 0 fully saturated rings.